The van der Waals surface area contributed by atoms with Crippen LogP contribution >= 0.6 is 0 Å². The Kier molecular flexibility index (Phi) is 6.74. The van der Waals surface area contributed by atoms with Gasteiger partial charge in [-0.05, 0) is 55.3 Å². The third-order valence-corrected chi connectivity index (χ3v) is 5.13. The monoisotopic (exact) mass is 411 g/mol. The Labute approximate surface area is 174 Å². The van der Waals surface area contributed by atoms with Crippen LogP contribution in [0.3, 0.4) is 0 Å². The van der Waals surface area contributed by atoms with Crippen molar-refractivity contribution < 1.29 is 23.8 Å². The maximum atomic E-state index is 12.4. The average molecular weight is 411 g/mol. The van der Waals surface area contributed by atoms with E-state index >= 15 is 0 Å². The number of esters is 1. The number of aromatic hydroxyl groups is 1. The molecule has 0 saturated carbocycles. The van der Waals surface area contributed by atoms with Gasteiger partial charge in [-0.1, -0.05) is 12.1 Å². The van der Waals surface area contributed by atoms with Gasteiger partial charge in [-0.25, -0.2) is 4.79 Å². The van der Waals surface area contributed by atoms with Gasteiger partial charge in [0.25, 0.3) is 0 Å². The number of carbonyl (C=O) groups is 1. The Bertz CT molecular complexity index is 1100. The van der Waals surface area contributed by atoms with Crippen molar-refractivity contribution in [2.24, 2.45) is 0 Å². The molecule has 0 bridgehead atoms. The lowest BCUT2D eigenvalue weighted by Crippen LogP contribution is -2.19. The van der Waals surface area contributed by atoms with Crippen LogP contribution in [-0.2, 0) is 28.9 Å². The van der Waals surface area contributed by atoms with Gasteiger partial charge in [0.15, 0.2) is 0 Å². The zero-order valence-corrected chi connectivity index (χ0v) is 17.3. The van der Waals surface area contributed by atoms with Crippen molar-refractivity contribution in [1.29, 1.82) is 0 Å². The first-order chi connectivity index (χ1) is 14.4. The molecule has 1 aromatic heterocycles. The van der Waals surface area contributed by atoms with Crippen LogP contribution in [0.15, 0.2) is 45.6 Å². The lowest BCUT2D eigenvalue weighted by Gasteiger charge is -2.12. The van der Waals surface area contributed by atoms with Gasteiger partial charge in [0, 0.05) is 11.9 Å². The Hall–Kier alpha value is -3.32. The van der Waals surface area contributed by atoms with E-state index in [4.69, 9.17) is 9.15 Å². The summed E-state index contributed by atoms with van der Waals surface area (Å²) < 4.78 is 15.3. The Morgan fingerprint density at radius 1 is 1.10 bits per heavy atom. The van der Waals surface area contributed by atoms with E-state index in [1.54, 1.807) is 26.2 Å². The fraction of sp³-hybridized carbons (Fsp3) is 0.304. The van der Waals surface area contributed by atoms with Gasteiger partial charge in [-0.15, -0.1) is 0 Å². The molecule has 0 saturated heterocycles. The molecular weight excluding hydrogens is 386 g/mol. The molecule has 0 fully saturated rings. The predicted molar refractivity (Wildman–Crippen MR) is 113 cm³/mol. The van der Waals surface area contributed by atoms with Crippen molar-refractivity contribution in [3.63, 3.8) is 0 Å². The third-order valence-electron chi connectivity index (χ3n) is 5.13. The number of methoxy groups -OCH3 is 2. The minimum Gasteiger partial charge on any atom is -0.507 e. The van der Waals surface area contributed by atoms with Gasteiger partial charge in [0.1, 0.15) is 17.1 Å². The topological polar surface area (TPSA) is 98.0 Å². The summed E-state index contributed by atoms with van der Waals surface area (Å²) in [5.74, 6) is 0.344. The second-order valence-corrected chi connectivity index (χ2v) is 6.96. The molecular formula is C23H25NO6. The number of aryl methyl sites for hydroxylation is 1. The van der Waals surface area contributed by atoms with Crippen LogP contribution in [0, 0.1) is 6.92 Å². The molecule has 3 rings (SSSR count). The highest BCUT2D eigenvalue weighted by Crippen LogP contribution is 2.29. The van der Waals surface area contributed by atoms with Gasteiger partial charge < -0.3 is 24.3 Å². The summed E-state index contributed by atoms with van der Waals surface area (Å²) in [7, 11) is 2.90. The van der Waals surface area contributed by atoms with Gasteiger partial charge in [-0.2, -0.15) is 0 Å². The van der Waals surface area contributed by atoms with Crippen molar-refractivity contribution in [3.05, 3.63) is 69.1 Å². The molecule has 158 valence electrons. The highest BCUT2D eigenvalue weighted by molar-refractivity contribution is 5.87. The molecule has 2 aromatic carbocycles. The second-order valence-electron chi connectivity index (χ2n) is 6.96. The first kappa shape index (κ1) is 21.4. The maximum absolute atomic E-state index is 12.4. The summed E-state index contributed by atoms with van der Waals surface area (Å²) >= 11 is 0. The first-order valence-corrected chi connectivity index (χ1v) is 9.62. The fourth-order valence-corrected chi connectivity index (χ4v) is 3.33. The second kappa shape index (κ2) is 9.45. The van der Waals surface area contributed by atoms with Gasteiger partial charge >= 0.3 is 11.6 Å². The Morgan fingerprint density at radius 2 is 1.83 bits per heavy atom. The minimum atomic E-state index is -0.601. The molecule has 7 heteroatoms. The number of fused-ring (bicyclic) bond motifs is 1. The van der Waals surface area contributed by atoms with E-state index < -0.39 is 11.6 Å². The van der Waals surface area contributed by atoms with Crippen molar-refractivity contribution in [2.75, 3.05) is 20.8 Å². The molecule has 7 nitrogen and oxygen atoms in total. The molecule has 0 aliphatic heterocycles. The molecule has 1 heterocycles. The van der Waals surface area contributed by atoms with E-state index in [-0.39, 0.29) is 17.7 Å². The quantitative estimate of drug-likeness (QED) is 0.334. The van der Waals surface area contributed by atoms with E-state index in [1.165, 1.54) is 7.11 Å². The largest absolute Gasteiger partial charge is 0.507 e. The van der Waals surface area contributed by atoms with Crippen LogP contribution in [0.1, 0.15) is 22.3 Å². The number of phenols is 1. The molecule has 0 unspecified atom stereocenters. The molecule has 0 atom stereocenters. The molecule has 30 heavy (non-hydrogen) atoms. The number of rotatable bonds is 8. The van der Waals surface area contributed by atoms with Crippen molar-refractivity contribution >= 4 is 16.9 Å². The van der Waals surface area contributed by atoms with Gasteiger partial charge in [0.05, 0.1) is 31.8 Å². The number of phenolic OH excluding ortho intramolecular Hbond substituents is 1. The maximum Gasteiger partial charge on any atom is 0.340 e. The van der Waals surface area contributed by atoms with E-state index in [1.807, 2.05) is 24.3 Å². The smallest absolute Gasteiger partial charge is 0.340 e. The number of hydrogen-bond acceptors (Lipinski definition) is 7. The number of nitrogens with one attached hydrogen (secondary N) is 1. The van der Waals surface area contributed by atoms with E-state index in [0.717, 1.165) is 17.7 Å². The lowest BCUT2D eigenvalue weighted by atomic mass is 10.0. The molecule has 0 amide bonds. The third kappa shape index (κ3) is 4.63. The molecule has 0 radical (unpaired) electrons. The number of ether oxygens (including phenoxy) is 2. The Morgan fingerprint density at radius 3 is 2.50 bits per heavy atom. The molecule has 0 aliphatic rings. The average Bonchev–Trinajstić information content (AvgIpc) is 2.75. The van der Waals surface area contributed by atoms with Crippen molar-refractivity contribution in [3.8, 4) is 11.5 Å². The minimum absolute atomic E-state index is 0.0442. The lowest BCUT2D eigenvalue weighted by molar-refractivity contribution is -0.139. The molecule has 0 spiro atoms. The number of benzene rings is 2. The van der Waals surface area contributed by atoms with Gasteiger partial charge in [-0.3, -0.25) is 4.79 Å². The van der Waals surface area contributed by atoms with E-state index in [0.29, 0.717) is 35.2 Å². The van der Waals surface area contributed by atoms with E-state index in [2.05, 4.69) is 10.1 Å². The summed E-state index contributed by atoms with van der Waals surface area (Å²) in [6, 6.07) is 11.1. The zero-order chi connectivity index (χ0) is 21.7. The highest BCUT2D eigenvalue weighted by atomic mass is 16.5. The fourth-order valence-electron chi connectivity index (χ4n) is 3.33. The number of carbonyl (C=O) groups excluding carboxylic acids is 1. The van der Waals surface area contributed by atoms with Crippen molar-refractivity contribution in [1.82, 2.24) is 5.32 Å². The molecule has 0 aliphatic carbocycles. The van der Waals surface area contributed by atoms with Crippen LogP contribution in [0.4, 0.5) is 0 Å². The van der Waals surface area contributed by atoms with Crippen LogP contribution in [0.2, 0.25) is 0 Å². The Balaban J connectivity index is 1.78. The number of hydrogen-bond donors (Lipinski definition) is 2. The molecule has 3 aromatic rings. The highest BCUT2D eigenvalue weighted by Gasteiger charge is 2.18. The summed E-state index contributed by atoms with van der Waals surface area (Å²) in [6.07, 6.45) is 0.638. The van der Waals surface area contributed by atoms with E-state index in [9.17, 15) is 14.7 Å². The van der Waals surface area contributed by atoms with Crippen LogP contribution in [0.25, 0.3) is 11.0 Å². The predicted octanol–water partition coefficient (Wildman–Crippen LogP) is 2.86. The van der Waals surface area contributed by atoms with Crippen molar-refractivity contribution in [2.45, 2.75) is 26.3 Å². The zero-order valence-electron chi connectivity index (χ0n) is 17.3. The normalized spacial score (nSPS) is 10.9. The van der Waals surface area contributed by atoms with Crippen LogP contribution < -0.4 is 15.7 Å². The summed E-state index contributed by atoms with van der Waals surface area (Å²) in [5.41, 5.74) is 2.29. The molecule has 2 N–H and O–H groups in total. The summed E-state index contributed by atoms with van der Waals surface area (Å²) in [6.45, 7) is 2.76. The van der Waals surface area contributed by atoms with Crippen LogP contribution in [-0.4, -0.2) is 31.8 Å². The summed E-state index contributed by atoms with van der Waals surface area (Å²) in [5, 5.41) is 14.3. The standard InChI is InChI=1S/C23H25NO6/c1-14-17-8-9-20(25)19(22(17)30-23(27)18(14)12-21(26)29-3)13-24-11-10-15-4-6-16(28-2)7-5-15/h4-9,24-25H,10-13H2,1-3H3. The van der Waals surface area contributed by atoms with Gasteiger partial charge in [0.2, 0.25) is 0 Å². The summed E-state index contributed by atoms with van der Waals surface area (Å²) in [4.78, 5) is 24.1. The SMILES string of the molecule is COC(=O)Cc1c(C)c2ccc(O)c(CNCCc3ccc(OC)cc3)c2oc1=O. The first-order valence-electron chi connectivity index (χ1n) is 9.62. The van der Waals surface area contributed by atoms with Crippen LogP contribution in [0.5, 0.6) is 11.5 Å².